The van der Waals surface area contributed by atoms with Crippen molar-refractivity contribution >= 4 is 27.5 Å². The van der Waals surface area contributed by atoms with E-state index in [4.69, 9.17) is 14.2 Å². The second-order valence-electron chi connectivity index (χ2n) is 7.66. The van der Waals surface area contributed by atoms with Crippen LogP contribution in [0.5, 0.6) is 11.5 Å². The van der Waals surface area contributed by atoms with E-state index in [-0.39, 0.29) is 12.0 Å². The normalized spacial score (nSPS) is 15.3. The van der Waals surface area contributed by atoms with Crippen LogP contribution in [-0.4, -0.2) is 31.8 Å². The third-order valence-electron chi connectivity index (χ3n) is 5.24. The molecule has 0 radical (unpaired) electrons. The zero-order valence-electron chi connectivity index (χ0n) is 17.8. The van der Waals surface area contributed by atoms with Crippen molar-refractivity contribution in [2.24, 2.45) is 0 Å². The van der Waals surface area contributed by atoms with E-state index in [1.165, 1.54) is 5.56 Å². The molecule has 1 fully saturated rings. The van der Waals surface area contributed by atoms with E-state index in [1.807, 2.05) is 48.5 Å². The first-order valence-corrected chi connectivity index (χ1v) is 11.6. The zero-order valence-corrected chi connectivity index (χ0v) is 19.3. The summed E-state index contributed by atoms with van der Waals surface area (Å²) in [6.45, 7) is 1.89. The Hall–Kier alpha value is -2.83. The molecule has 0 saturated carbocycles. The predicted octanol–water partition coefficient (Wildman–Crippen LogP) is 5.88. The second kappa shape index (κ2) is 11.2. The van der Waals surface area contributed by atoms with Gasteiger partial charge in [-0.15, -0.1) is 0 Å². The molecule has 0 aliphatic carbocycles. The molecule has 1 saturated heterocycles. The number of ether oxygens (including phenoxy) is 3. The first-order chi connectivity index (χ1) is 15.7. The molecule has 32 heavy (non-hydrogen) atoms. The standard InChI is InChI=1S/C26H26BrNO4/c27-24-16-20(11-12-25(24)31-15-13-19-6-2-1-3-7-19)26(29)28-21-8-4-9-22(17-21)32-18-23-10-5-14-30-23/h1-4,6-9,11-12,16-17,23H,5,10,13-15,18H2,(H,28,29). The summed E-state index contributed by atoms with van der Waals surface area (Å²) in [7, 11) is 0. The summed E-state index contributed by atoms with van der Waals surface area (Å²) in [5, 5.41) is 2.93. The number of carbonyl (C=O) groups is 1. The Balaban J connectivity index is 1.31. The molecule has 166 valence electrons. The highest BCUT2D eigenvalue weighted by Crippen LogP contribution is 2.27. The van der Waals surface area contributed by atoms with E-state index in [9.17, 15) is 4.79 Å². The van der Waals surface area contributed by atoms with Gasteiger partial charge in [0.25, 0.3) is 5.91 Å². The maximum absolute atomic E-state index is 12.7. The van der Waals surface area contributed by atoms with Gasteiger partial charge in [-0.3, -0.25) is 4.79 Å². The summed E-state index contributed by atoms with van der Waals surface area (Å²) < 4.78 is 18.0. The van der Waals surface area contributed by atoms with Crippen LogP contribution in [0.2, 0.25) is 0 Å². The van der Waals surface area contributed by atoms with Gasteiger partial charge in [0, 0.05) is 30.3 Å². The maximum Gasteiger partial charge on any atom is 0.255 e. The van der Waals surface area contributed by atoms with Gasteiger partial charge < -0.3 is 19.5 Å². The van der Waals surface area contributed by atoms with Gasteiger partial charge in [0.2, 0.25) is 0 Å². The highest BCUT2D eigenvalue weighted by molar-refractivity contribution is 9.10. The van der Waals surface area contributed by atoms with Crippen molar-refractivity contribution < 1.29 is 19.0 Å². The summed E-state index contributed by atoms with van der Waals surface area (Å²) in [5.74, 6) is 1.22. The summed E-state index contributed by atoms with van der Waals surface area (Å²) in [5.41, 5.74) is 2.44. The van der Waals surface area contributed by atoms with Crippen LogP contribution in [0, 0.1) is 0 Å². The van der Waals surface area contributed by atoms with Crippen molar-refractivity contribution in [2.75, 3.05) is 25.1 Å². The fourth-order valence-corrected chi connectivity index (χ4v) is 4.01. The Bertz CT molecular complexity index is 1040. The molecule has 1 amide bonds. The maximum atomic E-state index is 12.7. The minimum atomic E-state index is -0.196. The number of hydrogen-bond acceptors (Lipinski definition) is 4. The molecule has 3 aromatic rings. The number of halogens is 1. The Kier molecular flexibility index (Phi) is 7.80. The fourth-order valence-electron chi connectivity index (χ4n) is 3.51. The van der Waals surface area contributed by atoms with Gasteiger partial charge in [0.15, 0.2) is 0 Å². The van der Waals surface area contributed by atoms with Crippen LogP contribution in [0.3, 0.4) is 0 Å². The first kappa shape index (κ1) is 22.4. The van der Waals surface area contributed by atoms with Crippen LogP contribution >= 0.6 is 15.9 Å². The first-order valence-electron chi connectivity index (χ1n) is 10.8. The molecule has 0 spiro atoms. The summed E-state index contributed by atoms with van der Waals surface area (Å²) in [6.07, 6.45) is 3.08. The van der Waals surface area contributed by atoms with E-state index in [0.29, 0.717) is 36.0 Å². The van der Waals surface area contributed by atoms with Crippen molar-refractivity contribution in [2.45, 2.75) is 25.4 Å². The van der Waals surface area contributed by atoms with Gasteiger partial charge in [-0.2, -0.15) is 0 Å². The topological polar surface area (TPSA) is 56.8 Å². The Morgan fingerprint density at radius 1 is 1.03 bits per heavy atom. The van der Waals surface area contributed by atoms with Gasteiger partial charge in [-0.1, -0.05) is 36.4 Å². The van der Waals surface area contributed by atoms with Gasteiger partial charge in [0.05, 0.1) is 17.2 Å². The molecule has 1 atom stereocenters. The van der Waals surface area contributed by atoms with Crippen molar-refractivity contribution in [3.8, 4) is 11.5 Å². The van der Waals surface area contributed by atoms with Crippen LogP contribution in [0.15, 0.2) is 77.3 Å². The quantitative estimate of drug-likeness (QED) is 0.402. The lowest BCUT2D eigenvalue weighted by atomic mass is 10.1. The SMILES string of the molecule is O=C(Nc1cccc(OCC2CCCO2)c1)c1ccc(OCCc2ccccc2)c(Br)c1. The molecule has 1 N–H and O–H groups in total. The molecule has 0 bridgehead atoms. The lowest BCUT2D eigenvalue weighted by Gasteiger charge is -2.13. The van der Waals surface area contributed by atoms with Crippen molar-refractivity contribution in [3.63, 3.8) is 0 Å². The second-order valence-corrected chi connectivity index (χ2v) is 8.51. The number of rotatable bonds is 9. The molecular formula is C26H26BrNO4. The molecule has 4 rings (SSSR count). The highest BCUT2D eigenvalue weighted by Gasteiger charge is 2.16. The van der Waals surface area contributed by atoms with Crippen LogP contribution < -0.4 is 14.8 Å². The molecular weight excluding hydrogens is 470 g/mol. The van der Waals surface area contributed by atoms with Crippen LogP contribution in [0.4, 0.5) is 5.69 Å². The van der Waals surface area contributed by atoms with E-state index in [2.05, 4.69) is 33.4 Å². The largest absolute Gasteiger partial charge is 0.492 e. The lowest BCUT2D eigenvalue weighted by molar-refractivity contribution is 0.0680. The monoisotopic (exact) mass is 495 g/mol. The number of amides is 1. The summed E-state index contributed by atoms with van der Waals surface area (Å²) >= 11 is 3.51. The number of anilines is 1. The van der Waals surface area contributed by atoms with Crippen molar-refractivity contribution in [3.05, 3.63) is 88.4 Å². The van der Waals surface area contributed by atoms with Crippen LogP contribution in [0.25, 0.3) is 0 Å². The van der Waals surface area contributed by atoms with Gasteiger partial charge >= 0.3 is 0 Å². The van der Waals surface area contributed by atoms with Crippen LogP contribution in [0.1, 0.15) is 28.8 Å². The van der Waals surface area contributed by atoms with E-state index in [0.717, 1.165) is 30.3 Å². The summed E-state index contributed by atoms with van der Waals surface area (Å²) in [4.78, 5) is 12.7. The molecule has 1 aliphatic rings. The van der Waals surface area contributed by atoms with Gasteiger partial charge in [0.1, 0.15) is 18.1 Å². The Labute approximate surface area is 196 Å². The molecule has 1 unspecified atom stereocenters. The average Bonchev–Trinajstić information content (AvgIpc) is 3.33. The van der Waals surface area contributed by atoms with Crippen LogP contribution in [-0.2, 0) is 11.2 Å². The molecule has 1 heterocycles. The van der Waals surface area contributed by atoms with E-state index in [1.54, 1.807) is 12.1 Å². The predicted molar refractivity (Wildman–Crippen MR) is 129 cm³/mol. The van der Waals surface area contributed by atoms with E-state index >= 15 is 0 Å². The Morgan fingerprint density at radius 3 is 2.69 bits per heavy atom. The average molecular weight is 496 g/mol. The third kappa shape index (κ3) is 6.34. The van der Waals surface area contributed by atoms with E-state index < -0.39 is 0 Å². The minimum Gasteiger partial charge on any atom is -0.492 e. The number of nitrogens with one attached hydrogen (secondary N) is 1. The molecule has 3 aromatic carbocycles. The lowest BCUT2D eigenvalue weighted by Crippen LogP contribution is -2.16. The molecule has 6 heteroatoms. The fraction of sp³-hybridized carbons (Fsp3) is 0.269. The molecule has 5 nitrogen and oxygen atoms in total. The van der Waals surface area contributed by atoms with Gasteiger partial charge in [-0.05, 0) is 64.7 Å². The molecule has 0 aromatic heterocycles. The Morgan fingerprint density at radius 2 is 1.91 bits per heavy atom. The van der Waals surface area contributed by atoms with Gasteiger partial charge in [-0.25, -0.2) is 0 Å². The minimum absolute atomic E-state index is 0.152. The number of benzene rings is 3. The zero-order chi connectivity index (χ0) is 22.2. The van der Waals surface area contributed by atoms with Crippen molar-refractivity contribution in [1.29, 1.82) is 0 Å². The van der Waals surface area contributed by atoms with Crippen molar-refractivity contribution in [1.82, 2.24) is 0 Å². The summed E-state index contributed by atoms with van der Waals surface area (Å²) in [6, 6.07) is 22.9. The highest BCUT2D eigenvalue weighted by atomic mass is 79.9. The molecule has 1 aliphatic heterocycles. The smallest absolute Gasteiger partial charge is 0.255 e. The third-order valence-corrected chi connectivity index (χ3v) is 5.86. The number of hydrogen-bond donors (Lipinski definition) is 1. The number of carbonyl (C=O) groups excluding carboxylic acids is 1.